The van der Waals surface area contributed by atoms with E-state index in [4.69, 9.17) is 9.31 Å². The summed E-state index contributed by atoms with van der Waals surface area (Å²) in [4.78, 5) is 7.07. The number of pyridine rings is 1. The van der Waals surface area contributed by atoms with Crippen molar-refractivity contribution in [1.29, 1.82) is 0 Å². The molecule has 2 saturated heterocycles. The maximum Gasteiger partial charge on any atom is 0.496 e. The van der Waals surface area contributed by atoms with Gasteiger partial charge in [-0.1, -0.05) is 0 Å². The number of anilines is 1. The van der Waals surface area contributed by atoms with E-state index in [0.717, 1.165) is 17.8 Å². The number of aryl methyl sites for hydroxylation is 1. The highest BCUT2D eigenvalue weighted by molar-refractivity contribution is 6.62. The topological polar surface area (TPSA) is 34.6 Å². The lowest BCUT2D eigenvalue weighted by Gasteiger charge is -2.32. The van der Waals surface area contributed by atoms with Gasteiger partial charge in [-0.2, -0.15) is 0 Å². The lowest BCUT2D eigenvalue weighted by Crippen LogP contribution is -2.41. The molecule has 1 aromatic heterocycles. The molecule has 0 amide bonds. The van der Waals surface area contributed by atoms with E-state index in [-0.39, 0.29) is 18.3 Å². The third kappa shape index (κ3) is 2.54. The molecule has 4 nitrogen and oxygen atoms in total. The Morgan fingerprint density at radius 1 is 1.23 bits per heavy atom. The van der Waals surface area contributed by atoms with Crippen molar-refractivity contribution in [2.24, 2.45) is 0 Å². The average Bonchev–Trinajstić information content (AvgIpc) is 2.91. The van der Waals surface area contributed by atoms with E-state index in [1.165, 1.54) is 18.4 Å². The van der Waals surface area contributed by atoms with Crippen LogP contribution in [0.25, 0.3) is 0 Å². The van der Waals surface area contributed by atoms with Crippen LogP contribution in [0.2, 0.25) is 0 Å². The average molecular weight is 302 g/mol. The molecule has 2 fully saturated rings. The van der Waals surface area contributed by atoms with E-state index in [1.807, 2.05) is 6.20 Å². The summed E-state index contributed by atoms with van der Waals surface area (Å²) < 4.78 is 12.3. The van der Waals surface area contributed by atoms with E-state index in [2.05, 4.69) is 57.5 Å². The van der Waals surface area contributed by atoms with Gasteiger partial charge in [0.1, 0.15) is 5.82 Å². The maximum absolute atomic E-state index is 6.14. The minimum absolute atomic E-state index is 0.313. The van der Waals surface area contributed by atoms with Gasteiger partial charge in [0.2, 0.25) is 0 Å². The number of nitrogens with zero attached hydrogens (tertiary/aromatic N) is 2. The molecular formula is C17H27BN2O2. The van der Waals surface area contributed by atoms with Crippen molar-refractivity contribution in [3.63, 3.8) is 0 Å². The van der Waals surface area contributed by atoms with E-state index in [9.17, 15) is 0 Å². The minimum atomic E-state index is -0.331. The van der Waals surface area contributed by atoms with E-state index in [1.54, 1.807) is 0 Å². The molecule has 0 spiro atoms. The summed E-state index contributed by atoms with van der Waals surface area (Å²) in [5.41, 5.74) is 1.59. The van der Waals surface area contributed by atoms with Gasteiger partial charge in [-0.15, -0.1) is 0 Å². The fourth-order valence-electron chi connectivity index (χ4n) is 3.20. The van der Waals surface area contributed by atoms with Crippen LogP contribution < -0.4 is 10.4 Å². The zero-order chi connectivity index (χ0) is 16.1. The van der Waals surface area contributed by atoms with Gasteiger partial charge in [-0.3, -0.25) is 0 Å². The normalized spacial score (nSPS) is 26.7. The van der Waals surface area contributed by atoms with Crippen LogP contribution in [-0.2, 0) is 9.31 Å². The molecule has 0 bridgehead atoms. The Morgan fingerprint density at radius 3 is 2.36 bits per heavy atom. The largest absolute Gasteiger partial charge is 0.496 e. The van der Waals surface area contributed by atoms with Crippen molar-refractivity contribution in [3.8, 4) is 0 Å². The molecule has 0 aliphatic carbocycles. The SMILES string of the molecule is Cc1cc(N2CCC[C@H]2C)ncc1B1OC(C)(C)C(C)(C)O1. The van der Waals surface area contributed by atoms with Crippen LogP contribution in [0, 0.1) is 6.92 Å². The first-order valence-electron chi connectivity index (χ1n) is 8.30. The standard InChI is InChI=1S/C17H27BN2O2/c1-12-10-15(20-9-7-8-13(20)2)19-11-14(12)18-21-16(3,4)17(5,6)22-18/h10-11,13H,7-9H2,1-6H3/t13-/m1/s1. The highest BCUT2D eigenvalue weighted by Gasteiger charge is 2.52. The van der Waals surface area contributed by atoms with Crippen LogP contribution in [0.3, 0.4) is 0 Å². The second-order valence-corrected chi connectivity index (χ2v) is 7.67. The second kappa shape index (κ2) is 5.24. The number of aromatic nitrogens is 1. The fourth-order valence-corrected chi connectivity index (χ4v) is 3.20. The van der Waals surface area contributed by atoms with Crippen LogP contribution >= 0.6 is 0 Å². The molecule has 3 rings (SSSR count). The van der Waals surface area contributed by atoms with Gasteiger partial charge >= 0.3 is 7.12 Å². The monoisotopic (exact) mass is 302 g/mol. The molecule has 2 aliphatic rings. The van der Waals surface area contributed by atoms with Gasteiger partial charge < -0.3 is 14.2 Å². The van der Waals surface area contributed by atoms with Crippen molar-refractivity contribution < 1.29 is 9.31 Å². The van der Waals surface area contributed by atoms with Crippen molar-refractivity contribution >= 4 is 18.4 Å². The first kappa shape index (κ1) is 15.8. The Morgan fingerprint density at radius 2 is 1.86 bits per heavy atom. The Bertz CT molecular complexity index is 558. The smallest absolute Gasteiger partial charge is 0.399 e. The molecule has 22 heavy (non-hydrogen) atoms. The summed E-state index contributed by atoms with van der Waals surface area (Å²) in [6.07, 6.45) is 4.43. The molecule has 0 unspecified atom stereocenters. The second-order valence-electron chi connectivity index (χ2n) is 7.67. The molecule has 2 aliphatic heterocycles. The highest BCUT2D eigenvalue weighted by Crippen LogP contribution is 2.36. The molecule has 0 radical (unpaired) electrons. The van der Waals surface area contributed by atoms with Gasteiger partial charge in [-0.25, -0.2) is 4.98 Å². The van der Waals surface area contributed by atoms with Gasteiger partial charge in [0, 0.05) is 24.2 Å². The summed E-state index contributed by atoms with van der Waals surface area (Å²) >= 11 is 0. The Hall–Kier alpha value is -1.07. The van der Waals surface area contributed by atoms with Crippen LogP contribution in [0.1, 0.15) is 53.0 Å². The zero-order valence-corrected chi connectivity index (χ0v) is 14.6. The first-order valence-corrected chi connectivity index (χ1v) is 8.30. The van der Waals surface area contributed by atoms with Crippen molar-refractivity contribution in [2.45, 2.75) is 71.6 Å². The van der Waals surface area contributed by atoms with Crippen LogP contribution in [0.5, 0.6) is 0 Å². The molecule has 5 heteroatoms. The van der Waals surface area contributed by atoms with Gasteiger partial charge in [0.05, 0.1) is 11.2 Å². The predicted octanol–water partition coefficient (Wildman–Crippen LogP) is 2.68. The molecular weight excluding hydrogens is 275 g/mol. The molecule has 0 N–H and O–H groups in total. The summed E-state index contributed by atoms with van der Waals surface area (Å²) in [7, 11) is -0.331. The van der Waals surface area contributed by atoms with E-state index < -0.39 is 0 Å². The van der Waals surface area contributed by atoms with Gasteiger partial charge in [0.25, 0.3) is 0 Å². The third-order valence-corrected chi connectivity index (χ3v) is 5.49. The summed E-state index contributed by atoms with van der Waals surface area (Å²) in [6.45, 7) is 13.8. The molecule has 120 valence electrons. The van der Waals surface area contributed by atoms with Crippen molar-refractivity contribution in [2.75, 3.05) is 11.4 Å². The molecule has 1 atom stereocenters. The lowest BCUT2D eigenvalue weighted by molar-refractivity contribution is 0.00578. The first-order chi connectivity index (χ1) is 10.2. The lowest BCUT2D eigenvalue weighted by atomic mass is 9.77. The Labute approximate surface area is 134 Å². The van der Waals surface area contributed by atoms with Crippen molar-refractivity contribution in [1.82, 2.24) is 4.98 Å². The van der Waals surface area contributed by atoms with Crippen LogP contribution in [0.4, 0.5) is 5.82 Å². The van der Waals surface area contributed by atoms with Gasteiger partial charge in [0.15, 0.2) is 0 Å². The fraction of sp³-hybridized carbons (Fsp3) is 0.706. The molecule has 0 aromatic carbocycles. The molecule has 3 heterocycles. The Balaban J connectivity index is 1.85. The summed E-state index contributed by atoms with van der Waals surface area (Å²) in [5, 5.41) is 0. The van der Waals surface area contributed by atoms with Crippen LogP contribution in [-0.4, -0.2) is 35.9 Å². The summed E-state index contributed by atoms with van der Waals surface area (Å²) in [6, 6.07) is 2.75. The summed E-state index contributed by atoms with van der Waals surface area (Å²) in [5.74, 6) is 1.07. The third-order valence-electron chi connectivity index (χ3n) is 5.49. The van der Waals surface area contributed by atoms with Gasteiger partial charge in [-0.05, 0) is 66.0 Å². The maximum atomic E-state index is 6.14. The zero-order valence-electron chi connectivity index (χ0n) is 14.6. The number of rotatable bonds is 2. The Kier molecular flexibility index (Phi) is 3.77. The number of hydrogen-bond acceptors (Lipinski definition) is 4. The predicted molar refractivity (Wildman–Crippen MR) is 90.7 cm³/mol. The van der Waals surface area contributed by atoms with Crippen LogP contribution in [0.15, 0.2) is 12.3 Å². The van der Waals surface area contributed by atoms with E-state index in [0.29, 0.717) is 6.04 Å². The van der Waals surface area contributed by atoms with E-state index >= 15 is 0 Å². The minimum Gasteiger partial charge on any atom is -0.399 e. The molecule has 1 aromatic rings. The quantitative estimate of drug-likeness (QED) is 0.787. The van der Waals surface area contributed by atoms with Crippen molar-refractivity contribution in [3.05, 3.63) is 17.8 Å². The molecule has 0 saturated carbocycles. The highest BCUT2D eigenvalue weighted by atomic mass is 16.7. The number of hydrogen-bond donors (Lipinski definition) is 0.